The molecule has 0 aliphatic heterocycles. The molecular weight excluding hydrogens is 488 g/mol. The molecule has 4 aromatic rings. The molecule has 0 aromatic heterocycles. The van der Waals surface area contributed by atoms with E-state index < -0.39 is 12.1 Å². The predicted octanol–water partition coefficient (Wildman–Crippen LogP) is 5.47. The SMILES string of the molecule is O=C(N[C@@H](CN[C@@H](Cc1ccccc1)C(=O)OCc1ccccc1)Cc1ccccc1)OCc1ccccc1. The molecule has 0 saturated heterocycles. The van der Waals surface area contributed by atoms with Gasteiger partial charge in [0.1, 0.15) is 19.3 Å². The van der Waals surface area contributed by atoms with E-state index in [-0.39, 0.29) is 25.2 Å². The Morgan fingerprint density at radius 1 is 0.564 bits per heavy atom. The second kappa shape index (κ2) is 15.1. The van der Waals surface area contributed by atoms with Crippen LogP contribution in [0.15, 0.2) is 121 Å². The van der Waals surface area contributed by atoms with Crippen LogP contribution in [-0.4, -0.2) is 30.7 Å². The first kappa shape index (κ1) is 27.6. The highest BCUT2D eigenvalue weighted by Gasteiger charge is 2.23. The summed E-state index contributed by atoms with van der Waals surface area (Å²) in [5.41, 5.74) is 3.92. The number of carbonyl (C=O) groups excluding carboxylic acids is 2. The monoisotopic (exact) mass is 522 g/mol. The number of ether oxygens (including phenoxy) is 2. The maximum atomic E-state index is 13.2. The Morgan fingerprint density at radius 3 is 1.51 bits per heavy atom. The standard InChI is InChI=1S/C33H34N2O4/c36-32(38-24-28-17-9-3-10-18-28)31(22-27-15-7-2-8-16-27)34-23-30(21-26-13-5-1-6-14-26)35-33(37)39-25-29-19-11-4-12-20-29/h1-20,30-31,34H,21-25H2,(H,35,37)/t30-,31+/m1/s1. The van der Waals surface area contributed by atoms with Crippen LogP contribution in [0.25, 0.3) is 0 Å². The third kappa shape index (κ3) is 9.76. The summed E-state index contributed by atoms with van der Waals surface area (Å²) in [7, 11) is 0. The van der Waals surface area contributed by atoms with Gasteiger partial charge in [0, 0.05) is 12.6 Å². The molecule has 0 unspecified atom stereocenters. The summed E-state index contributed by atoms with van der Waals surface area (Å²) < 4.78 is 11.1. The Hall–Kier alpha value is -4.42. The Kier molecular flexibility index (Phi) is 10.7. The number of amides is 1. The van der Waals surface area contributed by atoms with Crippen molar-refractivity contribution in [1.82, 2.24) is 10.6 Å². The van der Waals surface area contributed by atoms with E-state index in [0.717, 1.165) is 22.3 Å². The number of hydrogen-bond donors (Lipinski definition) is 2. The highest BCUT2D eigenvalue weighted by molar-refractivity contribution is 5.76. The molecule has 6 heteroatoms. The molecule has 6 nitrogen and oxygen atoms in total. The van der Waals surface area contributed by atoms with E-state index in [1.165, 1.54) is 0 Å². The lowest BCUT2D eigenvalue weighted by Crippen LogP contribution is -2.49. The first-order valence-corrected chi connectivity index (χ1v) is 13.1. The van der Waals surface area contributed by atoms with E-state index in [9.17, 15) is 9.59 Å². The molecule has 0 radical (unpaired) electrons. The van der Waals surface area contributed by atoms with Crippen LogP contribution in [0.3, 0.4) is 0 Å². The Balaban J connectivity index is 1.41. The van der Waals surface area contributed by atoms with Crippen LogP contribution in [0, 0.1) is 0 Å². The van der Waals surface area contributed by atoms with E-state index in [1.54, 1.807) is 0 Å². The number of hydrogen-bond acceptors (Lipinski definition) is 5. The molecule has 2 N–H and O–H groups in total. The minimum absolute atomic E-state index is 0.181. The van der Waals surface area contributed by atoms with Crippen LogP contribution < -0.4 is 10.6 Å². The summed E-state index contributed by atoms with van der Waals surface area (Å²) in [6.07, 6.45) is 0.531. The molecular formula is C33H34N2O4. The molecule has 0 bridgehead atoms. The molecule has 0 aliphatic carbocycles. The first-order chi connectivity index (χ1) is 19.2. The normalized spacial score (nSPS) is 12.2. The summed E-state index contributed by atoms with van der Waals surface area (Å²) in [4.78, 5) is 25.9. The molecule has 2 atom stereocenters. The van der Waals surface area contributed by atoms with Crippen molar-refractivity contribution in [3.05, 3.63) is 144 Å². The van der Waals surface area contributed by atoms with Crippen molar-refractivity contribution >= 4 is 12.1 Å². The molecule has 0 heterocycles. The number of rotatable bonds is 13. The van der Waals surface area contributed by atoms with Crippen LogP contribution >= 0.6 is 0 Å². The van der Waals surface area contributed by atoms with Gasteiger partial charge < -0.3 is 20.1 Å². The van der Waals surface area contributed by atoms with Crippen molar-refractivity contribution in [2.24, 2.45) is 0 Å². The molecule has 4 rings (SSSR count). The predicted molar refractivity (Wildman–Crippen MR) is 152 cm³/mol. The fourth-order valence-corrected chi connectivity index (χ4v) is 4.21. The van der Waals surface area contributed by atoms with E-state index in [4.69, 9.17) is 9.47 Å². The minimum Gasteiger partial charge on any atom is -0.460 e. The molecule has 39 heavy (non-hydrogen) atoms. The zero-order valence-corrected chi connectivity index (χ0v) is 21.9. The van der Waals surface area contributed by atoms with E-state index in [2.05, 4.69) is 10.6 Å². The van der Waals surface area contributed by atoms with E-state index >= 15 is 0 Å². The summed E-state index contributed by atoms with van der Waals surface area (Å²) in [6.45, 7) is 0.734. The van der Waals surface area contributed by atoms with Gasteiger partial charge in [-0.05, 0) is 35.1 Å². The lowest BCUT2D eigenvalue weighted by molar-refractivity contribution is -0.147. The number of benzene rings is 4. The van der Waals surface area contributed by atoms with Gasteiger partial charge in [-0.3, -0.25) is 4.79 Å². The minimum atomic E-state index is -0.587. The van der Waals surface area contributed by atoms with Gasteiger partial charge in [0.25, 0.3) is 0 Å². The van der Waals surface area contributed by atoms with E-state index in [0.29, 0.717) is 19.4 Å². The van der Waals surface area contributed by atoms with Crippen molar-refractivity contribution in [2.45, 2.75) is 38.1 Å². The molecule has 1 amide bonds. The third-order valence-electron chi connectivity index (χ3n) is 6.26. The second-order valence-electron chi connectivity index (χ2n) is 9.34. The zero-order valence-electron chi connectivity index (χ0n) is 21.9. The molecule has 0 spiro atoms. The second-order valence-corrected chi connectivity index (χ2v) is 9.34. The maximum absolute atomic E-state index is 13.2. The summed E-state index contributed by atoms with van der Waals surface area (Å²) >= 11 is 0. The molecule has 0 saturated carbocycles. The number of carbonyl (C=O) groups is 2. The molecule has 4 aromatic carbocycles. The Morgan fingerprint density at radius 2 is 1.00 bits per heavy atom. The van der Waals surface area contributed by atoms with Crippen LogP contribution in [0.2, 0.25) is 0 Å². The number of nitrogens with one attached hydrogen (secondary N) is 2. The molecule has 200 valence electrons. The van der Waals surface area contributed by atoms with Crippen molar-refractivity contribution in [1.29, 1.82) is 0 Å². The number of esters is 1. The number of alkyl carbamates (subject to hydrolysis) is 1. The average Bonchev–Trinajstić information content (AvgIpc) is 2.99. The summed E-state index contributed by atoms with van der Waals surface area (Å²) in [5.74, 6) is -0.340. The van der Waals surface area contributed by atoms with Crippen molar-refractivity contribution in [3.8, 4) is 0 Å². The van der Waals surface area contributed by atoms with Crippen molar-refractivity contribution < 1.29 is 19.1 Å². The van der Waals surface area contributed by atoms with Gasteiger partial charge in [-0.25, -0.2) is 4.79 Å². The van der Waals surface area contributed by atoms with Crippen molar-refractivity contribution in [3.63, 3.8) is 0 Å². The summed E-state index contributed by atoms with van der Waals surface area (Å²) in [5, 5.41) is 6.33. The highest BCUT2D eigenvalue weighted by Crippen LogP contribution is 2.09. The lowest BCUT2D eigenvalue weighted by Gasteiger charge is -2.23. The average molecular weight is 523 g/mol. The van der Waals surface area contributed by atoms with Crippen LogP contribution in [0.1, 0.15) is 22.3 Å². The zero-order chi connectivity index (χ0) is 27.1. The molecule has 0 fully saturated rings. The van der Waals surface area contributed by atoms with Crippen molar-refractivity contribution in [2.75, 3.05) is 6.54 Å². The topological polar surface area (TPSA) is 76.7 Å². The van der Waals surface area contributed by atoms with Crippen LogP contribution in [-0.2, 0) is 40.3 Å². The van der Waals surface area contributed by atoms with Gasteiger partial charge in [-0.15, -0.1) is 0 Å². The Bertz CT molecular complexity index is 1270. The fraction of sp³-hybridized carbons (Fsp3) is 0.212. The Labute approximate surface area is 230 Å². The fourth-order valence-electron chi connectivity index (χ4n) is 4.21. The third-order valence-corrected chi connectivity index (χ3v) is 6.26. The first-order valence-electron chi connectivity index (χ1n) is 13.1. The summed E-state index contributed by atoms with van der Waals surface area (Å²) in [6, 6.07) is 38.0. The maximum Gasteiger partial charge on any atom is 0.407 e. The smallest absolute Gasteiger partial charge is 0.407 e. The highest BCUT2D eigenvalue weighted by atomic mass is 16.5. The van der Waals surface area contributed by atoms with Gasteiger partial charge in [0.05, 0.1) is 0 Å². The van der Waals surface area contributed by atoms with Gasteiger partial charge >= 0.3 is 12.1 Å². The van der Waals surface area contributed by atoms with E-state index in [1.807, 2.05) is 121 Å². The largest absolute Gasteiger partial charge is 0.460 e. The van der Waals surface area contributed by atoms with Crippen LogP contribution in [0.5, 0.6) is 0 Å². The lowest BCUT2D eigenvalue weighted by atomic mass is 10.0. The quantitative estimate of drug-likeness (QED) is 0.228. The van der Waals surface area contributed by atoms with Crippen LogP contribution in [0.4, 0.5) is 4.79 Å². The molecule has 0 aliphatic rings. The van der Waals surface area contributed by atoms with Gasteiger partial charge in [-0.2, -0.15) is 0 Å². The van der Waals surface area contributed by atoms with Gasteiger partial charge in [0.15, 0.2) is 0 Å². The van der Waals surface area contributed by atoms with Gasteiger partial charge in [0.2, 0.25) is 0 Å². The van der Waals surface area contributed by atoms with Gasteiger partial charge in [-0.1, -0.05) is 121 Å².